The highest BCUT2D eigenvalue weighted by atomic mass is 16.5. The SMILES string of the molecule is COC(=O)c1ccc(NC(=O)[C@H](CCCNC(N)=O)CC(=O)[C@@H](NC(=O)CN(C)C)C(C)C)cc1OCCOCCN. The largest absolute Gasteiger partial charge is 0.490 e. The third-order valence-corrected chi connectivity index (χ3v) is 6.04. The predicted octanol–water partition coefficient (Wildman–Crippen LogP) is 0.492. The van der Waals surface area contributed by atoms with Gasteiger partial charge in [0.1, 0.15) is 17.9 Å². The molecule has 0 bridgehead atoms. The number of nitrogens with zero attached hydrogens (tertiary/aromatic N) is 1. The number of carbonyl (C=O) groups is 5. The number of rotatable bonds is 20. The number of likely N-dealkylation sites (N-methyl/N-ethyl adjacent to an activating group) is 1. The van der Waals surface area contributed by atoms with Crippen LogP contribution in [0.15, 0.2) is 18.2 Å². The summed E-state index contributed by atoms with van der Waals surface area (Å²) in [5.74, 6) is -2.47. The van der Waals surface area contributed by atoms with Crippen molar-refractivity contribution in [3.05, 3.63) is 23.8 Å². The summed E-state index contributed by atoms with van der Waals surface area (Å²) in [5.41, 5.74) is 11.0. The highest BCUT2D eigenvalue weighted by Gasteiger charge is 2.29. The molecule has 0 spiro atoms. The van der Waals surface area contributed by atoms with Gasteiger partial charge in [0.25, 0.3) is 0 Å². The number of nitrogens with one attached hydrogen (secondary N) is 3. The minimum atomic E-state index is -0.784. The Labute approximate surface area is 247 Å². The first-order valence-corrected chi connectivity index (χ1v) is 13.8. The molecule has 0 saturated carbocycles. The van der Waals surface area contributed by atoms with E-state index >= 15 is 0 Å². The molecule has 0 saturated heterocycles. The molecule has 0 unspecified atom stereocenters. The van der Waals surface area contributed by atoms with Crippen LogP contribution in [-0.2, 0) is 23.9 Å². The monoisotopic (exact) mass is 594 g/mol. The van der Waals surface area contributed by atoms with Crippen molar-refractivity contribution in [2.24, 2.45) is 23.3 Å². The van der Waals surface area contributed by atoms with Crippen LogP contribution in [0.3, 0.4) is 0 Å². The molecule has 14 heteroatoms. The molecule has 2 atom stereocenters. The number of anilines is 1. The lowest BCUT2D eigenvalue weighted by Gasteiger charge is -2.24. The number of ketones is 1. The predicted molar refractivity (Wildman–Crippen MR) is 157 cm³/mol. The van der Waals surface area contributed by atoms with E-state index < -0.39 is 29.9 Å². The number of primary amides is 1. The molecule has 0 aromatic heterocycles. The fraction of sp³-hybridized carbons (Fsp3) is 0.607. The number of hydrogen-bond donors (Lipinski definition) is 5. The van der Waals surface area contributed by atoms with Crippen molar-refractivity contribution in [2.75, 3.05) is 66.0 Å². The van der Waals surface area contributed by atoms with Gasteiger partial charge in [-0.1, -0.05) is 13.8 Å². The van der Waals surface area contributed by atoms with E-state index in [1.165, 1.54) is 25.3 Å². The smallest absolute Gasteiger partial charge is 0.341 e. The molecule has 0 radical (unpaired) electrons. The van der Waals surface area contributed by atoms with Crippen molar-refractivity contribution in [1.29, 1.82) is 0 Å². The van der Waals surface area contributed by atoms with Crippen LogP contribution in [0.25, 0.3) is 0 Å². The van der Waals surface area contributed by atoms with Crippen LogP contribution in [0, 0.1) is 11.8 Å². The van der Waals surface area contributed by atoms with Gasteiger partial charge in [-0.3, -0.25) is 14.4 Å². The first-order valence-electron chi connectivity index (χ1n) is 13.8. The summed E-state index contributed by atoms with van der Waals surface area (Å²) in [5, 5.41) is 8.04. The molecule has 0 fully saturated rings. The Morgan fingerprint density at radius 2 is 1.76 bits per heavy atom. The van der Waals surface area contributed by atoms with Crippen LogP contribution in [0.5, 0.6) is 5.75 Å². The maximum atomic E-state index is 13.4. The Bertz CT molecular complexity index is 1050. The lowest BCUT2D eigenvalue weighted by Crippen LogP contribution is -2.48. The number of amides is 4. The first-order chi connectivity index (χ1) is 19.9. The van der Waals surface area contributed by atoms with E-state index in [2.05, 4.69) is 16.0 Å². The fourth-order valence-corrected chi connectivity index (χ4v) is 4.02. The standard InChI is InChI=1S/C28H46N6O8/c1-18(2)25(33-24(36)17-34(3)4)22(35)15-19(7-6-11-31-28(30)39)26(37)32-20-8-9-21(27(38)40-5)23(16-20)42-14-13-41-12-10-29/h8-9,16,18-19,25H,6-7,10-15,17,29H2,1-5H3,(H,32,37)(H,33,36)(H3,30,31,39)/t19-,25+/m1/s1. The van der Waals surface area contributed by atoms with E-state index in [1.54, 1.807) is 19.0 Å². The third kappa shape index (κ3) is 13.7. The highest BCUT2D eigenvalue weighted by molar-refractivity contribution is 5.99. The number of benzene rings is 1. The van der Waals surface area contributed by atoms with Crippen LogP contribution < -0.4 is 32.2 Å². The molecule has 1 rings (SSSR count). The Hall–Kier alpha value is -3.75. The second-order valence-electron chi connectivity index (χ2n) is 10.3. The zero-order chi connectivity index (χ0) is 31.7. The zero-order valence-corrected chi connectivity index (χ0v) is 25.2. The fourth-order valence-electron chi connectivity index (χ4n) is 4.02. The van der Waals surface area contributed by atoms with Crippen LogP contribution >= 0.6 is 0 Å². The Morgan fingerprint density at radius 1 is 1.05 bits per heavy atom. The average Bonchev–Trinajstić information content (AvgIpc) is 2.92. The number of Topliss-reactive ketones (excluding diaryl/α,β-unsaturated/α-hetero) is 1. The Kier molecular flexibility index (Phi) is 16.7. The summed E-state index contributed by atoms with van der Waals surface area (Å²) in [4.78, 5) is 64.1. The first kappa shape index (κ1) is 36.3. The summed E-state index contributed by atoms with van der Waals surface area (Å²) >= 11 is 0. The third-order valence-electron chi connectivity index (χ3n) is 6.04. The number of hydrogen-bond acceptors (Lipinski definition) is 10. The number of methoxy groups -OCH3 is 1. The number of ether oxygens (including phenoxy) is 3. The van der Waals surface area contributed by atoms with Crippen molar-refractivity contribution in [3.63, 3.8) is 0 Å². The van der Waals surface area contributed by atoms with Gasteiger partial charge in [0, 0.05) is 37.2 Å². The average molecular weight is 595 g/mol. The van der Waals surface area contributed by atoms with Gasteiger partial charge in [0.2, 0.25) is 11.8 Å². The Balaban J connectivity index is 3.12. The second-order valence-corrected chi connectivity index (χ2v) is 10.3. The minimum absolute atomic E-state index is 0.115. The summed E-state index contributed by atoms with van der Waals surface area (Å²) in [6, 6.07) is 3.00. The van der Waals surface area contributed by atoms with Crippen molar-refractivity contribution in [2.45, 2.75) is 39.2 Å². The van der Waals surface area contributed by atoms with Crippen LogP contribution in [0.4, 0.5) is 10.5 Å². The zero-order valence-electron chi connectivity index (χ0n) is 25.2. The number of carbonyl (C=O) groups excluding carboxylic acids is 5. The lowest BCUT2D eigenvalue weighted by molar-refractivity contribution is -0.131. The highest BCUT2D eigenvalue weighted by Crippen LogP contribution is 2.26. The number of nitrogens with two attached hydrogens (primary N) is 2. The molecule has 1 aromatic carbocycles. The molecule has 0 aliphatic heterocycles. The molecular weight excluding hydrogens is 548 g/mol. The van der Waals surface area contributed by atoms with Crippen molar-refractivity contribution >= 4 is 35.3 Å². The molecule has 42 heavy (non-hydrogen) atoms. The molecule has 0 heterocycles. The maximum Gasteiger partial charge on any atom is 0.341 e. The summed E-state index contributed by atoms with van der Waals surface area (Å²) in [6.07, 6.45) is 0.498. The molecule has 0 aliphatic carbocycles. The molecule has 236 valence electrons. The minimum Gasteiger partial charge on any atom is -0.490 e. The van der Waals surface area contributed by atoms with E-state index in [-0.39, 0.29) is 68.1 Å². The lowest BCUT2D eigenvalue weighted by atomic mass is 9.89. The number of urea groups is 1. The van der Waals surface area contributed by atoms with Crippen molar-refractivity contribution in [1.82, 2.24) is 15.5 Å². The van der Waals surface area contributed by atoms with E-state index in [9.17, 15) is 24.0 Å². The summed E-state index contributed by atoms with van der Waals surface area (Å²) in [6.45, 7) is 5.04. The second kappa shape index (κ2) is 19.4. The van der Waals surface area contributed by atoms with E-state index in [4.69, 9.17) is 25.7 Å². The van der Waals surface area contributed by atoms with Gasteiger partial charge >= 0.3 is 12.0 Å². The number of esters is 1. The van der Waals surface area contributed by atoms with Gasteiger partial charge in [-0.25, -0.2) is 9.59 Å². The van der Waals surface area contributed by atoms with Gasteiger partial charge in [0.15, 0.2) is 5.78 Å². The topological polar surface area (TPSA) is 204 Å². The van der Waals surface area contributed by atoms with Gasteiger partial charge in [-0.2, -0.15) is 0 Å². The van der Waals surface area contributed by atoms with Crippen LogP contribution in [0.2, 0.25) is 0 Å². The normalized spacial score (nSPS) is 12.4. The van der Waals surface area contributed by atoms with Gasteiger partial charge in [0.05, 0.1) is 32.9 Å². The van der Waals surface area contributed by atoms with Gasteiger partial charge < -0.3 is 46.5 Å². The van der Waals surface area contributed by atoms with Gasteiger partial charge in [-0.15, -0.1) is 0 Å². The molecule has 7 N–H and O–H groups in total. The molecular formula is C28H46N6O8. The molecule has 4 amide bonds. The van der Waals surface area contributed by atoms with Crippen LogP contribution in [0.1, 0.15) is 43.5 Å². The van der Waals surface area contributed by atoms with E-state index in [0.29, 0.717) is 25.3 Å². The van der Waals surface area contributed by atoms with Gasteiger partial charge in [-0.05, 0) is 45.0 Å². The van der Waals surface area contributed by atoms with Crippen LogP contribution in [-0.4, -0.2) is 101 Å². The van der Waals surface area contributed by atoms with E-state index in [0.717, 1.165) is 0 Å². The molecule has 0 aliphatic rings. The quantitative estimate of drug-likeness (QED) is 0.104. The van der Waals surface area contributed by atoms with Crippen molar-refractivity contribution < 1.29 is 38.2 Å². The maximum absolute atomic E-state index is 13.4. The summed E-state index contributed by atoms with van der Waals surface area (Å²) < 4.78 is 15.8. The van der Waals surface area contributed by atoms with E-state index in [1.807, 2.05) is 13.8 Å². The summed E-state index contributed by atoms with van der Waals surface area (Å²) in [7, 11) is 4.74. The molecule has 14 nitrogen and oxygen atoms in total. The Morgan fingerprint density at radius 3 is 2.36 bits per heavy atom. The van der Waals surface area contributed by atoms with Crippen molar-refractivity contribution in [3.8, 4) is 5.75 Å². The molecule has 1 aromatic rings.